The molecular formula is C28H25Pt. The molecule has 0 heterocycles. The molecule has 1 heteroatoms. The summed E-state index contributed by atoms with van der Waals surface area (Å²) in [4.78, 5) is 0. The summed E-state index contributed by atoms with van der Waals surface area (Å²) in [6.45, 7) is 0. The van der Waals surface area contributed by atoms with Gasteiger partial charge in [-0.1, -0.05) is 0 Å². The van der Waals surface area contributed by atoms with Crippen LogP contribution in [0.2, 0.25) is 0 Å². The van der Waals surface area contributed by atoms with Gasteiger partial charge in [0.15, 0.2) is 0 Å². The molecule has 0 nitrogen and oxygen atoms in total. The van der Waals surface area contributed by atoms with Crippen molar-refractivity contribution < 1.29 is 17.3 Å². The van der Waals surface area contributed by atoms with Gasteiger partial charge in [0.25, 0.3) is 0 Å². The third-order valence-electron chi connectivity index (χ3n) is 5.35. The van der Waals surface area contributed by atoms with E-state index < -0.39 is 17.3 Å². The van der Waals surface area contributed by atoms with Crippen LogP contribution in [0.25, 0.3) is 21.5 Å². The van der Waals surface area contributed by atoms with E-state index in [2.05, 4.69) is 103 Å². The van der Waals surface area contributed by atoms with Crippen molar-refractivity contribution in [1.82, 2.24) is 0 Å². The topological polar surface area (TPSA) is 0 Å². The van der Waals surface area contributed by atoms with E-state index in [-0.39, 0.29) is 0 Å². The summed E-state index contributed by atoms with van der Waals surface area (Å²) < 4.78 is 4.88. The average molecular weight is 557 g/mol. The van der Waals surface area contributed by atoms with Gasteiger partial charge in [0, 0.05) is 0 Å². The number of fused-ring (bicyclic) bond motifs is 2. The molecule has 0 radical (unpaired) electrons. The van der Waals surface area contributed by atoms with Crippen LogP contribution in [0.4, 0.5) is 0 Å². The molecule has 0 bridgehead atoms. The molecule has 1 aliphatic rings. The van der Waals surface area contributed by atoms with Gasteiger partial charge in [-0.2, -0.15) is 0 Å². The molecule has 0 fully saturated rings. The van der Waals surface area contributed by atoms with Crippen LogP contribution in [0.5, 0.6) is 0 Å². The fourth-order valence-electron chi connectivity index (χ4n) is 3.94. The average Bonchev–Trinajstić information content (AvgIpc) is 2.75. The second-order valence-corrected chi connectivity index (χ2v) is 12.9. The normalized spacial score (nSPS) is 15.0. The second-order valence-electron chi connectivity index (χ2n) is 7.29. The number of rotatable bonds is 3. The molecule has 0 amide bonds. The summed E-state index contributed by atoms with van der Waals surface area (Å²) in [6.07, 6.45) is 12.0. The van der Waals surface area contributed by atoms with Crippen molar-refractivity contribution in [2.45, 2.75) is 25.7 Å². The Balaban J connectivity index is 1.77. The van der Waals surface area contributed by atoms with Gasteiger partial charge in [0.2, 0.25) is 0 Å². The zero-order valence-corrected chi connectivity index (χ0v) is 18.7. The van der Waals surface area contributed by atoms with Crippen LogP contribution < -0.4 is 7.91 Å². The Morgan fingerprint density at radius 3 is 1.72 bits per heavy atom. The van der Waals surface area contributed by atoms with E-state index in [4.69, 9.17) is 0 Å². The van der Waals surface area contributed by atoms with Gasteiger partial charge in [-0.25, -0.2) is 0 Å². The maximum absolute atomic E-state index is 2.58. The number of benzene rings is 4. The van der Waals surface area contributed by atoms with Gasteiger partial charge in [-0.05, 0) is 0 Å². The molecule has 147 valence electrons. The van der Waals surface area contributed by atoms with Gasteiger partial charge in [0.05, 0.1) is 0 Å². The van der Waals surface area contributed by atoms with Crippen LogP contribution in [0.3, 0.4) is 0 Å². The molecule has 0 saturated carbocycles. The summed E-state index contributed by atoms with van der Waals surface area (Å²) in [7, 11) is 0. The molecule has 4 aromatic carbocycles. The van der Waals surface area contributed by atoms with Crippen molar-refractivity contribution in [3.05, 3.63) is 107 Å². The SMILES string of the molecule is C1=CCC[C]([Pt]([c]2cccc3ccccc23)[c]2cccc3ccccc23)=CCC1. The van der Waals surface area contributed by atoms with E-state index in [0.717, 1.165) is 12.8 Å². The quantitative estimate of drug-likeness (QED) is 0.250. The Kier molecular flexibility index (Phi) is 5.46. The van der Waals surface area contributed by atoms with E-state index >= 15 is 0 Å². The molecule has 0 spiro atoms. The van der Waals surface area contributed by atoms with Crippen LogP contribution in [-0.2, 0) is 17.3 Å². The molecule has 5 rings (SSSR count). The molecule has 0 atom stereocenters. The first kappa shape index (κ1) is 18.6. The number of hydrogen-bond donors (Lipinski definition) is 0. The van der Waals surface area contributed by atoms with Crippen molar-refractivity contribution >= 4 is 29.5 Å². The summed E-state index contributed by atoms with van der Waals surface area (Å²) >= 11 is -1.80. The van der Waals surface area contributed by atoms with Crippen LogP contribution in [0.1, 0.15) is 25.7 Å². The minimum atomic E-state index is -1.80. The molecule has 0 aromatic heterocycles. The van der Waals surface area contributed by atoms with Crippen molar-refractivity contribution in [3.63, 3.8) is 0 Å². The van der Waals surface area contributed by atoms with Crippen molar-refractivity contribution in [3.8, 4) is 0 Å². The molecule has 1 aliphatic carbocycles. The molecule has 29 heavy (non-hydrogen) atoms. The molecule has 4 aromatic rings. The summed E-state index contributed by atoms with van der Waals surface area (Å²) in [5, 5.41) is 5.59. The van der Waals surface area contributed by atoms with E-state index in [1.54, 1.807) is 11.9 Å². The minimum absolute atomic E-state index is 1.16. The maximum atomic E-state index is 2.58. The third-order valence-corrected chi connectivity index (χ3v) is 12.3. The van der Waals surface area contributed by atoms with Gasteiger partial charge >= 0.3 is 180 Å². The molecule has 0 unspecified atom stereocenters. The van der Waals surface area contributed by atoms with E-state index in [9.17, 15) is 0 Å². The van der Waals surface area contributed by atoms with Gasteiger partial charge < -0.3 is 0 Å². The third kappa shape index (κ3) is 3.75. The Hall–Kier alpha value is -2.43. The number of hydrogen-bond acceptors (Lipinski definition) is 0. The summed E-state index contributed by atoms with van der Waals surface area (Å²) in [5.41, 5.74) is 0. The zero-order chi connectivity index (χ0) is 19.5. The molecular weight excluding hydrogens is 531 g/mol. The Bertz CT molecular complexity index is 1130. The molecule has 0 N–H and O–H groups in total. The van der Waals surface area contributed by atoms with Gasteiger partial charge in [-0.3, -0.25) is 0 Å². The first-order valence-electron chi connectivity index (χ1n) is 10.3. The second kappa shape index (κ2) is 8.52. The fraction of sp³-hybridized carbons (Fsp3) is 0.143. The predicted octanol–water partition coefficient (Wildman–Crippen LogP) is 6.58. The summed E-state index contributed by atoms with van der Waals surface area (Å²) in [6, 6.07) is 31.7. The van der Waals surface area contributed by atoms with E-state index in [1.165, 1.54) is 34.4 Å². The molecule has 0 aliphatic heterocycles. The van der Waals surface area contributed by atoms with Crippen LogP contribution in [-0.4, -0.2) is 0 Å². The van der Waals surface area contributed by atoms with Crippen molar-refractivity contribution in [1.29, 1.82) is 0 Å². The Morgan fingerprint density at radius 2 is 1.07 bits per heavy atom. The van der Waals surface area contributed by atoms with Crippen LogP contribution >= 0.6 is 0 Å². The van der Waals surface area contributed by atoms with Crippen molar-refractivity contribution in [2.24, 2.45) is 0 Å². The Morgan fingerprint density at radius 1 is 0.517 bits per heavy atom. The standard InChI is InChI=1S/2C10H7.C8H11.Pt/c2*1-2-6-10-8-4-3-7-9(10)5-1;1-2-4-6-8-7-5-3-1;/h2*1-7H;1-2,7H,3-6H2;. The monoisotopic (exact) mass is 556 g/mol. The van der Waals surface area contributed by atoms with E-state index in [1.807, 2.05) is 0 Å². The first-order valence-corrected chi connectivity index (χ1v) is 13.7. The van der Waals surface area contributed by atoms with Crippen LogP contribution in [0.15, 0.2) is 107 Å². The number of allylic oxidation sites excluding steroid dienone is 4. The fourth-order valence-corrected chi connectivity index (χ4v) is 11.3. The predicted molar refractivity (Wildman–Crippen MR) is 123 cm³/mol. The van der Waals surface area contributed by atoms with E-state index in [0.29, 0.717) is 0 Å². The zero-order valence-electron chi connectivity index (χ0n) is 16.5. The summed E-state index contributed by atoms with van der Waals surface area (Å²) in [5.74, 6) is 0. The van der Waals surface area contributed by atoms with Crippen molar-refractivity contribution in [2.75, 3.05) is 0 Å². The first-order chi connectivity index (χ1) is 14.4. The molecule has 0 saturated heterocycles. The Labute approximate surface area is 179 Å². The van der Waals surface area contributed by atoms with Gasteiger partial charge in [0.1, 0.15) is 0 Å². The van der Waals surface area contributed by atoms with Gasteiger partial charge in [-0.15, -0.1) is 0 Å². The van der Waals surface area contributed by atoms with Crippen LogP contribution in [0, 0.1) is 0 Å².